The van der Waals surface area contributed by atoms with E-state index in [9.17, 15) is 4.79 Å². The molecule has 2 heterocycles. The highest BCUT2D eigenvalue weighted by molar-refractivity contribution is 7.98. The Bertz CT molecular complexity index is 719. The van der Waals surface area contributed by atoms with E-state index in [0.29, 0.717) is 13.0 Å². The summed E-state index contributed by atoms with van der Waals surface area (Å²) in [6, 6.07) is 10.2. The van der Waals surface area contributed by atoms with Crippen molar-refractivity contribution in [2.75, 3.05) is 18.6 Å². The SMILES string of the molecule is CSCCC(=O)NC[C@@H]1Cc2cc(C)cc(-c3ccccn3)c2O1. The highest BCUT2D eigenvalue weighted by Crippen LogP contribution is 2.38. The second-order valence-corrected chi connectivity index (χ2v) is 6.99. The van der Waals surface area contributed by atoms with Crippen LogP contribution in [0.3, 0.4) is 0 Å². The van der Waals surface area contributed by atoms with Crippen molar-refractivity contribution < 1.29 is 9.53 Å². The quantitative estimate of drug-likeness (QED) is 0.876. The molecule has 4 nitrogen and oxygen atoms in total. The van der Waals surface area contributed by atoms with Gasteiger partial charge in [0.15, 0.2) is 0 Å². The van der Waals surface area contributed by atoms with Gasteiger partial charge in [-0.2, -0.15) is 11.8 Å². The number of nitrogens with zero attached hydrogens (tertiary/aromatic N) is 1. The van der Waals surface area contributed by atoms with Gasteiger partial charge in [-0.1, -0.05) is 12.1 Å². The number of benzene rings is 1. The fraction of sp³-hybridized carbons (Fsp3) is 0.368. The van der Waals surface area contributed by atoms with E-state index >= 15 is 0 Å². The molecule has 0 aliphatic carbocycles. The lowest BCUT2D eigenvalue weighted by Crippen LogP contribution is -2.34. The Hall–Kier alpha value is -2.01. The Morgan fingerprint density at radius 1 is 1.42 bits per heavy atom. The highest BCUT2D eigenvalue weighted by atomic mass is 32.2. The summed E-state index contributed by atoms with van der Waals surface area (Å²) >= 11 is 1.68. The summed E-state index contributed by atoms with van der Waals surface area (Å²) in [6.07, 6.45) is 5.16. The summed E-state index contributed by atoms with van der Waals surface area (Å²) in [4.78, 5) is 16.2. The molecular weight excluding hydrogens is 320 g/mol. The molecule has 1 atom stereocenters. The van der Waals surface area contributed by atoms with E-state index in [-0.39, 0.29) is 12.0 Å². The number of nitrogens with one attached hydrogen (secondary N) is 1. The summed E-state index contributed by atoms with van der Waals surface area (Å²) in [7, 11) is 0. The maximum atomic E-state index is 11.8. The van der Waals surface area contributed by atoms with Gasteiger partial charge in [-0.3, -0.25) is 9.78 Å². The number of ether oxygens (including phenoxy) is 1. The van der Waals surface area contributed by atoms with Crippen LogP contribution in [0.25, 0.3) is 11.3 Å². The molecular formula is C19H22N2O2S. The molecule has 0 fully saturated rings. The predicted octanol–water partition coefficient (Wildman–Crippen LogP) is 3.23. The van der Waals surface area contributed by atoms with Crippen LogP contribution in [0.15, 0.2) is 36.5 Å². The Morgan fingerprint density at radius 3 is 3.04 bits per heavy atom. The van der Waals surface area contributed by atoms with Crippen molar-refractivity contribution in [1.29, 1.82) is 0 Å². The maximum Gasteiger partial charge on any atom is 0.220 e. The Kier molecular flexibility index (Phi) is 5.41. The minimum Gasteiger partial charge on any atom is -0.487 e. The number of thioether (sulfide) groups is 1. The van der Waals surface area contributed by atoms with E-state index in [0.717, 1.165) is 29.2 Å². The van der Waals surface area contributed by atoms with Gasteiger partial charge in [0.05, 0.1) is 12.2 Å². The van der Waals surface area contributed by atoms with Crippen molar-refractivity contribution in [3.8, 4) is 17.0 Å². The second kappa shape index (κ2) is 7.71. The maximum absolute atomic E-state index is 11.8. The minimum absolute atomic E-state index is 0.0116. The van der Waals surface area contributed by atoms with Crippen LogP contribution in [0.2, 0.25) is 0 Å². The molecule has 1 aromatic heterocycles. The number of pyridine rings is 1. The number of rotatable bonds is 6. The van der Waals surface area contributed by atoms with E-state index in [4.69, 9.17) is 4.74 Å². The van der Waals surface area contributed by atoms with Gasteiger partial charge >= 0.3 is 0 Å². The van der Waals surface area contributed by atoms with Crippen molar-refractivity contribution >= 4 is 17.7 Å². The third-order valence-electron chi connectivity index (χ3n) is 4.04. The number of fused-ring (bicyclic) bond motifs is 1. The van der Waals surface area contributed by atoms with Gasteiger partial charge in [-0.05, 0) is 42.5 Å². The molecule has 0 bridgehead atoms. The Labute approximate surface area is 147 Å². The van der Waals surface area contributed by atoms with Crippen LogP contribution in [0.4, 0.5) is 0 Å². The predicted molar refractivity (Wildman–Crippen MR) is 98.5 cm³/mol. The largest absolute Gasteiger partial charge is 0.487 e. The van der Waals surface area contributed by atoms with E-state index < -0.39 is 0 Å². The standard InChI is InChI=1S/C19H22N2O2S/c1-13-9-14-11-15(12-21-18(22)6-8-24-2)23-19(14)16(10-13)17-5-3-4-7-20-17/h3-5,7,9-10,15H,6,8,11-12H2,1-2H3,(H,21,22)/t15-/m0/s1. The van der Waals surface area contributed by atoms with Crippen molar-refractivity contribution in [3.63, 3.8) is 0 Å². The minimum atomic E-state index is -0.0116. The number of hydrogen-bond donors (Lipinski definition) is 1. The molecule has 0 saturated heterocycles. The lowest BCUT2D eigenvalue weighted by Gasteiger charge is -2.13. The number of amides is 1. The molecule has 1 aliphatic rings. The van der Waals surface area contributed by atoms with Crippen molar-refractivity contribution in [3.05, 3.63) is 47.7 Å². The Balaban J connectivity index is 1.72. The van der Waals surface area contributed by atoms with Gasteiger partial charge in [0.2, 0.25) is 5.91 Å². The first kappa shape index (κ1) is 16.8. The number of carbonyl (C=O) groups excluding carboxylic acids is 1. The second-order valence-electron chi connectivity index (χ2n) is 6.01. The fourth-order valence-electron chi connectivity index (χ4n) is 2.93. The molecule has 1 aliphatic heterocycles. The van der Waals surface area contributed by atoms with Gasteiger partial charge < -0.3 is 10.1 Å². The summed E-state index contributed by atoms with van der Waals surface area (Å²) in [6.45, 7) is 2.63. The first-order valence-electron chi connectivity index (χ1n) is 8.14. The fourth-order valence-corrected chi connectivity index (χ4v) is 3.32. The summed E-state index contributed by atoms with van der Waals surface area (Å²) in [5.41, 5.74) is 4.34. The van der Waals surface area contributed by atoms with E-state index in [2.05, 4.69) is 29.4 Å². The van der Waals surface area contributed by atoms with Gasteiger partial charge in [0, 0.05) is 30.4 Å². The molecule has 0 saturated carbocycles. The van der Waals surface area contributed by atoms with Gasteiger partial charge in [0.1, 0.15) is 11.9 Å². The summed E-state index contributed by atoms with van der Waals surface area (Å²) in [5, 5.41) is 2.98. The van der Waals surface area contributed by atoms with E-state index in [1.807, 2.05) is 24.5 Å². The molecule has 24 heavy (non-hydrogen) atoms. The van der Waals surface area contributed by atoms with E-state index in [1.165, 1.54) is 11.1 Å². The third-order valence-corrected chi connectivity index (χ3v) is 4.66. The molecule has 2 aromatic rings. The lowest BCUT2D eigenvalue weighted by molar-refractivity contribution is -0.121. The molecule has 0 unspecified atom stereocenters. The molecule has 5 heteroatoms. The smallest absolute Gasteiger partial charge is 0.220 e. The molecule has 0 radical (unpaired) electrons. The summed E-state index contributed by atoms with van der Waals surface area (Å²) < 4.78 is 6.14. The number of hydrogen-bond acceptors (Lipinski definition) is 4. The molecule has 126 valence electrons. The van der Waals surface area contributed by atoms with E-state index in [1.54, 1.807) is 18.0 Å². The van der Waals surface area contributed by atoms with Crippen LogP contribution in [-0.4, -0.2) is 35.5 Å². The van der Waals surface area contributed by atoms with Crippen LogP contribution >= 0.6 is 11.8 Å². The molecule has 1 aromatic carbocycles. The monoisotopic (exact) mass is 342 g/mol. The van der Waals surface area contributed by atoms with Gasteiger partial charge in [-0.25, -0.2) is 0 Å². The van der Waals surface area contributed by atoms with Crippen LogP contribution in [-0.2, 0) is 11.2 Å². The van der Waals surface area contributed by atoms with Crippen LogP contribution in [0, 0.1) is 6.92 Å². The van der Waals surface area contributed by atoms with Crippen molar-refractivity contribution in [1.82, 2.24) is 10.3 Å². The van der Waals surface area contributed by atoms with Crippen LogP contribution < -0.4 is 10.1 Å². The molecule has 1 amide bonds. The third kappa shape index (κ3) is 3.90. The van der Waals surface area contributed by atoms with Gasteiger partial charge in [0.25, 0.3) is 0 Å². The molecule has 1 N–H and O–H groups in total. The number of aryl methyl sites for hydroxylation is 1. The summed E-state index contributed by atoms with van der Waals surface area (Å²) in [5.74, 6) is 1.84. The average Bonchev–Trinajstić information content (AvgIpc) is 3.00. The first-order chi connectivity index (χ1) is 11.7. The molecule has 3 rings (SSSR count). The zero-order valence-electron chi connectivity index (χ0n) is 14.0. The normalized spacial score (nSPS) is 15.7. The molecule has 0 spiro atoms. The van der Waals surface area contributed by atoms with Crippen LogP contribution in [0.1, 0.15) is 17.5 Å². The highest BCUT2D eigenvalue weighted by Gasteiger charge is 2.27. The number of aromatic nitrogens is 1. The van der Waals surface area contributed by atoms with Crippen molar-refractivity contribution in [2.45, 2.75) is 25.9 Å². The topological polar surface area (TPSA) is 51.2 Å². The number of carbonyl (C=O) groups is 1. The Morgan fingerprint density at radius 2 is 2.29 bits per heavy atom. The zero-order valence-corrected chi connectivity index (χ0v) is 14.9. The first-order valence-corrected chi connectivity index (χ1v) is 9.54. The lowest BCUT2D eigenvalue weighted by atomic mass is 10.0. The van der Waals surface area contributed by atoms with Crippen molar-refractivity contribution in [2.24, 2.45) is 0 Å². The van der Waals surface area contributed by atoms with Gasteiger partial charge in [-0.15, -0.1) is 0 Å². The zero-order chi connectivity index (χ0) is 16.9. The van der Waals surface area contributed by atoms with Crippen LogP contribution in [0.5, 0.6) is 5.75 Å². The average molecular weight is 342 g/mol.